The van der Waals surface area contributed by atoms with Gasteiger partial charge in [0.25, 0.3) is 0 Å². The van der Waals surface area contributed by atoms with Crippen LogP contribution in [0.2, 0.25) is 0 Å². The largest absolute Gasteiger partial charge is 0.297 e. The first-order chi connectivity index (χ1) is 5.72. The fraction of sp³-hybridized carbons (Fsp3) is 0.250. The summed E-state index contributed by atoms with van der Waals surface area (Å²) in [5.74, 6) is 0. The summed E-state index contributed by atoms with van der Waals surface area (Å²) in [6.07, 6.45) is 0.867. The number of aryl methyl sites for hydroxylation is 2. The Morgan fingerprint density at radius 1 is 1.67 bits per heavy atom. The highest BCUT2D eigenvalue weighted by molar-refractivity contribution is 7.20. The lowest BCUT2D eigenvalue weighted by molar-refractivity contribution is 0.112. The van der Waals surface area contributed by atoms with Crippen LogP contribution in [0.4, 0.5) is 0 Å². The van der Waals surface area contributed by atoms with Crippen molar-refractivity contribution in [3.05, 3.63) is 16.6 Å². The maximum Gasteiger partial charge on any atom is 0.160 e. The zero-order valence-electron chi connectivity index (χ0n) is 6.87. The maximum atomic E-state index is 10.4. The van der Waals surface area contributed by atoms with Gasteiger partial charge in [0.15, 0.2) is 6.29 Å². The molecule has 12 heavy (non-hydrogen) atoms. The van der Waals surface area contributed by atoms with Gasteiger partial charge >= 0.3 is 0 Å². The van der Waals surface area contributed by atoms with E-state index in [9.17, 15) is 4.79 Å². The zero-order chi connectivity index (χ0) is 8.72. The highest BCUT2D eigenvalue weighted by atomic mass is 32.1. The third kappa shape index (κ3) is 0.881. The monoisotopic (exact) mass is 180 g/mol. The molecule has 3 nitrogen and oxygen atoms in total. The van der Waals surface area contributed by atoms with Gasteiger partial charge in [-0.3, -0.25) is 9.48 Å². The van der Waals surface area contributed by atoms with Gasteiger partial charge in [-0.1, -0.05) is 0 Å². The fourth-order valence-electron chi connectivity index (χ4n) is 1.18. The molecule has 0 unspecified atom stereocenters. The second kappa shape index (κ2) is 2.42. The second-order valence-corrected chi connectivity index (χ2v) is 3.77. The zero-order valence-corrected chi connectivity index (χ0v) is 7.68. The Labute approximate surface area is 73.6 Å². The maximum absolute atomic E-state index is 10.4. The molecule has 0 fully saturated rings. The van der Waals surface area contributed by atoms with Crippen LogP contribution in [-0.4, -0.2) is 16.1 Å². The van der Waals surface area contributed by atoms with Gasteiger partial charge in [0.2, 0.25) is 0 Å². The summed E-state index contributed by atoms with van der Waals surface area (Å²) in [6, 6.07) is 1.82. The molecule has 0 spiro atoms. The second-order valence-electron chi connectivity index (χ2n) is 2.69. The van der Waals surface area contributed by atoms with Crippen LogP contribution in [0, 0.1) is 6.92 Å². The van der Waals surface area contributed by atoms with Crippen molar-refractivity contribution < 1.29 is 4.79 Å². The van der Waals surface area contributed by atoms with Crippen LogP contribution >= 0.6 is 11.3 Å². The molecule has 2 heterocycles. The van der Waals surface area contributed by atoms with Gasteiger partial charge in [0.1, 0.15) is 5.52 Å². The molecule has 0 radical (unpaired) electrons. The van der Waals surface area contributed by atoms with E-state index in [4.69, 9.17) is 0 Å². The molecule has 4 heteroatoms. The summed E-state index contributed by atoms with van der Waals surface area (Å²) < 4.78 is 2.94. The van der Waals surface area contributed by atoms with Gasteiger partial charge in [-0.2, -0.15) is 5.10 Å². The van der Waals surface area contributed by atoms with Crippen molar-refractivity contribution in [3.63, 3.8) is 0 Å². The van der Waals surface area contributed by atoms with Gasteiger partial charge in [0.05, 0.1) is 15.3 Å². The minimum atomic E-state index is 0.746. The molecule has 0 N–H and O–H groups in total. The number of rotatable bonds is 1. The van der Waals surface area contributed by atoms with E-state index in [1.807, 2.05) is 24.7 Å². The van der Waals surface area contributed by atoms with Crippen molar-refractivity contribution in [2.45, 2.75) is 6.92 Å². The molecule has 2 aromatic heterocycles. The number of carbonyl (C=O) groups is 1. The number of hydrogen-bond donors (Lipinski definition) is 0. The summed E-state index contributed by atoms with van der Waals surface area (Å²) in [5, 5.41) is 4.25. The van der Waals surface area contributed by atoms with Crippen LogP contribution in [0.5, 0.6) is 0 Å². The van der Waals surface area contributed by atoms with Gasteiger partial charge in [-0.25, -0.2) is 0 Å². The summed E-state index contributed by atoms with van der Waals surface area (Å²) in [5.41, 5.74) is 2.03. The Balaban J connectivity index is 2.79. The third-order valence-corrected chi connectivity index (χ3v) is 3.08. The Kier molecular flexibility index (Phi) is 1.51. The molecule has 0 saturated heterocycles. The van der Waals surface area contributed by atoms with Crippen molar-refractivity contribution in [1.29, 1.82) is 0 Å². The highest BCUT2D eigenvalue weighted by Gasteiger charge is 2.08. The number of aldehydes is 1. The van der Waals surface area contributed by atoms with E-state index >= 15 is 0 Å². The molecule has 0 bridgehead atoms. The molecule has 2 rings (SSSR count). The average molecular weight is 180 g/mol. The summed E-state index contributed by atoms with van der Waals surface area (Å²) in [6.45, 7) is 2.00. The van der Waals surface area contributed by atoms with E-state index < -0.39 is 0 Å². The number of aromatic nitrogens is 2. The van der Waals surface area contributed by atoms with Crippen LogP contribution < -0.4 is 0 Å². The van der Waals surface area contributed by atoms with Crippen molar-refractivity contribution in [2.24, 2.45) is 7.05 Å². The SMILES string of the molecule is Cc1c2sc(C=O)cc2nn1C. The first-order valence-corrected chi connectivity index (χ1v) is 4.42. The molecule has 0 aliphatic carbocycles. The fourth-order valence-corrected chi connectivity index (χ4v) is 2.11. The minimum absolute atomic E-state index is 0.746. The van der Waals surface area contributed by atoms with E-state index in [0.29, 0.717) is 0 Å². The Morgan fingerprint density at radius 3 is 3.00 bits per heavy atom. The standard InChI is InChI=1S/C8H8N2OS/c1-5-8-7(9-10(5)2)3-6(4-11)12-8/h3-4H,1-2H3. The summed E-state index contributed by atoms with van der Waals surface area (Å²) in [4.78, 5) is 11.2. The van der Waals surface area contributed by atoms with Crippen molar-refractivity contribution in [1.82, 2.24) is 9.78 Å². The van der Waals surface area contributed by atoms with Gasteiger partial charge in [0, 0.05) is 7.05 Å². The molecule has 62 valence electrons. The molecular weight excluding hydrogens is 172 g/mol. The molecule has 0 saturated carbocycles. The predicted octanol–water partition coefficient (Wildman–Crippen LogP) is 1.76. The predicted molar refractivity (Wildman–Crippen MR) is 48.7 cm³/mol. The Hall–Kier alpha value is -1.16. The quantitative estimate of drug-likeness (QED) is 0.627. The molecule has 0 atom stereocenters. The number of hydrogen-bond acceptors (Lipinski definition) is 3. The Bertz CT molecular complexity index is 441. The van der Waals surface area contributed by atoms with Crippen LogP contribution in [0.3, 0.4) is 0 Å². The lowest BCUT2D eigenvalue weighted by Gasteiger charge is -1.90. The lowest BCUT2D eigenvalue weighted by atomic mass is 10.4. The van der Waals surface area contributed by atoms with Crippen LogP contribution in [0.25, 0.3) is 10.2 Å². The molecule has 2 aromatic rings. The minimum Gasteiger partial charge on any atom is -0.297 e. The number of carbonyl (C=O) groups excluding carboxylic acids is 1. The highest BCUT2D eigenvalue weighted by Crippen LogP contribution is 2.26. The summed E-state index contributed by atoms with van der Waals surface area (Å²) >= 11 is 1.49. The number of thiophene rings is 1. The van der Waals surface area contributed by atoms with Gasteiger partial charge in [-0.05, 0) is 13.0 Å². The third-order valence-electron chi connectivity index (χ3n) is 1.92. The van der Waals surface area contributed by atoms with Gasteiger partial charge < -0.3 is 0 Å². The average Bonchev–Trinajstić information content (AvgIpc) is 2.55. The first-order valence-electron chi connectivity index (χ1n) is 3.60. The van der Waals surface area contributed by atoms with E-state index in [0.717, 1.165) is 27.1 Å². The van der Waals surface area contributed by atoms with Crippen LogP contribution in [-0.2, 0) is 7.05 Å². The Morgan fingerprint density at radius 2 is 2.42 bits per heavy atom. The van der Waals surface area contributed by atoms with E-state index in [1.165, 1.54) is 11.3 Å². The lowest BCUT2D eigenvalue weighted by Crippen LogP contribution is -1.91. The topological polar surface area (TPSA) is 34.9 Å². The van der Waals surface area contributed by atoms with Crippen molar-refractivity contribution >= 4 is 27.8 Å². The van der Waals surface area contributed by atoms with E-state index in [-0.39, 0.29) is 0 Å². The van der Waals surface area contributed by atoms with Crippen molar-refractivity contribution in [2.75, 3.05) is 0 Å². The van der Waals surface area contributed by atoms with Crippen molar-refractivity contribution in [3.8, 4) is 0 Å². The summed E-state index contributed by atoms with van der Waals surface area (Å²) in [7, 11) is 1.91. The van der Waals surface area contributed by atoms with Crippen LogP contribution in [0.1, 0.15) is 15.4 Å². The normalized spacial score (nSPS) is 10.8. The molecule has 0 amide bonds. The van der Waals surface area contributed by atoms with E-state index in [1.54, 1.807) is 0 Å². The number of fused-ring (bicyclic) bond motifs is 1. The smallest absolute Gasteiger partial charge is 0.160 e. The van der Waals surface area contributed by atoms with Crippen LogP contribution in [0.15, 0.2) is 6.07 Å². The van der Waals surface area contributed by atoms with Gasteiger partial charge in [-0.15, -0.1) is 11.3 Å². The van der Waals surface area contributed by atoms with E-state index in [2.05, 4.69) is 5.10 Å². The first kappa shape index (κ1) is 7.49. The molecule has 0 aliphatic heterocycles. The molecule has 0 aliphatic rings. The number of nitrogens with zero attached hydrogens (tertiary/aromatic N) is 2. The molecule has 0 aromatic carbocycles. The molecular formula is C8H8N2OS.